The first-order valence-corrected chi connectivity index (χ1v) is 12.9. The zero-order chi connectivity index (χ0) is 21.1. The van der Waals surface area contributed by atoms with E-state index in [1.54, 1.807) is 0 Å². The van der Waals surface area contributed by atoms with Gasteiger partial charge in [0.05, 0.1) is 18.2 Å². The number of carbonyl (C=O) groups excluding carboxylic acids is 1. The van der Waals surface area contributed by atoms with Crippen LogP contribution in [-0.4, -0.2) is 52.2 Å². The van der Waals surface area contributed by atoms with Gasteiger partial charge in [-0.05, 0) is 119 Å². The molecule has 4 aliphatic carbocycles. The van der Waals surface area contributed by atoms with E-state index in [0.29, 0.717) is 18.9 Å². The number of fused-ring (bicyclic) bond motifs is 5. The van der Waals surface area contributed by atoms with Crippen LogP contribution in [0.2, 0.25) is 0 Å². The monoisotopic (exact) mass is 417 g/mol. The van der Waals surface area contributed by atoms with Crippen LogP contribution in [0.4, 0.5) is 0 Å². The summed E-state index contributed by atoms with van der Waals surface area (Å²) in [4.78, 5) is 15.6. The number of aliphatic hydroxyl groups is 2. The zero-order valence-corrected chi connectivity index (χ0v) is 19.2. The first-order valence-electron chi connectivity index (χ1n) is 12.9. The highest BCUT2D eigenvalue weighted by molar-refractivity contribution is 5.84. The minimum Gasteiger partial charge on any atom is -0.392 e. The minimum atomic E-state index is -0.440. The largest absolute Gasteiger partial charge is 0.392 e. The van der Waals surface area contributed by atoms with Crippen LogP contribution >= 0.6 is 0 Å². The average Bonchev–Trinajstić information content (AvgIpc) is 3.04. The summed E-state index contributed by atoms with van der Waals surface area (Å²) in [5.41, 5.74) is -0.246. The van der Waals surface area contributed by atoms with Crippen molar-refractivity contribution in [2.45, 2.75) is 96.2 Å². The second-order valence-electron chi connectivity index (χ2n) is 12.3. The fraction of sp³-hybridized carbons (Fsp3) is 0.962. The summed E-state index contributed by atoms with van der Waals surface area (Å²) in [7, 11) is 0. The first kappa shape index (κ1) is 21.4. The molecule has 5 aliphatic rings. The molecule has 0 aromatic carbocycles. The number of β-amino-alcohol motifs (C(OH)–C–C–N with tert-alkyl or cyclic N) is 1. The van der Waals surface area contributed by atoms with Gasteiger partial charge in [0.1, 0.15) is 5.78 Å². The third-order valence-electron chi connectivity index (χ3n) is 10.5. The first-order chi connectivity index (χ1) is 14.3. The standard InChI is InChI=1S/C26H43NO3/c1-25(30)11-9-19-17(14-25)5-6-21-20(19)10-12-26(2)22(21)7-8-23(26)24(29)16-27-13-3-4-18(28)15-27/h17-23,28,30H,3-16H2,1-2H3/t17-,18?,19-,20+,21+,22-,23+,25+,26-/m0/s1. The van der Waals surface area contributed by atoms with E-state index in [1.807, 2.05) is 6.92 Å². The van der Waals surface area contributed by atoms with Crippen molar-refractivity contribution in [2.24, 2.45) is 40.9 Å². The number of piperidine rings is 1. The Balaban J connectivity index is 1.27. The molecule has 4 nitrogen and oxygen atoms in total. The van der Waals surface area contributed by atoms with E-state index in [-0.39, 0.29) is 17.4 Å². The van der Waals surface area contributed by atoms with Gasteiger partial charge in [0.15, 0.2) is 0 Å². The Morgan fingerprint density at radius 2 is 1.77 bits per heavy atom. The number of likely N-dealkylation sites (tertiary alicyclic amines) is 1. The molecule has 1 unspecified atom stereocenters. The number of aliphatic hydroxyl groups excluding tert-OH is 1. The molecule has 0 spiro atoms. The molecule has 0 bridgehead atoms. The zero-order valence-electron chi connectivity index (χ0n) is 19.2. The van der Waals surface area contributed by atoms with Crippen molar-refractivity contribution < 1.29 is 15.0 Å². The van der Waals surface area contributed by atoms with Crippen LogP contribution in [0.15, 0.2) is 0 Å². The normalized spacial score (nSPS) is 51.7. The van der Waals surface area contributed by atoms with Crippen LogP contribution in [0.1, 0.15) is 84.5 Å². The van der Waals surface area contributed by atoms with Gasteiger partial charge in [-0.15, -0.1) is 0 Å². The molecule has 1 aliphatic heterocycles. The Bertz CT molecular complexity index is 663. The maximum atomic E-state index is 13.4. The molecule has 0 aromatic rings. The number of carbonyl (C=O) groups is 1. The summed E-state index contributed by atoms with van der Waals surface area (Å²) in [6.07, 6.45) is 12.3. The molecule has 4 heteroatoms. The van der Waals surface area contributed by atoms with Gasteiger partial charge in [0.25, 0.3) is 0 Å². The summed E-state index contributed by atoms with van der Waals surface area (Å²) in [5, 5.41) is 20.6. The van der Waals surface area contributed by atoms with E-state index in [4.69, 9.17) is 0 Å². The third kappa shape index (κ3) is 3.69. The maximum absolute atomic E-state index is 13.4. The lowest BCUT2D eigenvalue weighted by molar-refractivity contribution is -0.134. The van der Waals surface area contributed by atoms with E-state index in [0.717, 1.165) is 68.2 Å². The van der Waals surface area contributed by atoms with Crippen LogP contribution in [0.25, 0.3) is 0 Å². The van der Waals surface area contributed by atoms with Gasteiger partial charge in [-0.1, -0.05) is 6.92 Å². The molecule has 5 fully saturated rings. The van der Waals surface area contributed by atoms with Crippen molar-refractivity contribution in [1.82, 2.24) is 4.90 Å². The van der Waals surface area contributed by atoms with E-state index in [9.17, 15) is 15.0 Å². The molecule has 0 aromatic heterocycles. The number of hydrogen-bond donors (Lipinski definition) is 2. The number of Topliss-reactive ketones (excluding diaryl/α,β-unsaturated/α-hetero) is 1. The van der Waals surface area contributed by atoms with Crippen LogP contribution in [0.5, 0.6) is 0 Å². The second kappa shape index (κ2) is 7.85. The van der Waals surface area contributed by atoms with E-state index in [1.165, 1.54) is 38.5 Å². The Kier molecular flexibility index (Phi) is 5.60. The minimum absolute atomic E-state index is 0.194. The van der Waals surface area contributed by atoms with Crippen molar-refractivity contribution in [1.29, 1.82) is 0 Å². The molecule has 4 saturated carbocycles. The lowest BCUT2D eigenvalue weighted by Gasteiger charge is -2.57. The van der Waals surface area contributed by atoms with E-state index >= 15 is 0 Å². The van der Waals surface area contributed by atoms with Crippen molar-refractivity contribution in [3.05, 3.63) is 0 Å². The number of rotatable bonds is 3. The number of hydrogen-bond acceptors (Lipinski definition) is 4. The summed E-state index contributed by atoms with van der Waals surface area (Å²) < 4.78 is 0. The molecule has 1 saturated heterocycles. The molecule has 0 amide bonds. The van der Waals surface area contributed by atoms with Crippen LogP contribution in [0.3, 0.4) is 0 Å². The molecular formula is C26H43NO3. The molecule has 5 rings (SSSR count). The fourth-order valence-electron chi connectivity index (χ4n) is 9.12. The Morgan fingerprint density at radius 3 is 2.57 bits per heavy atom. The highest BCUT2D eigenvalue weighted by Crippen LogP contribution is 2.64. The summed E-state index contributed by atoms with van der Waals surface area (Å²) in [6.45, 7) is 6.69. The molecule has 2 N–H and O–H groups in total. The Hall–Kier alpha value is -0.450. The smallest absolute Gasteiger partial charge is 0.150 e. The van der Waals surface area contributed by atoms with E-state index in [2.05, 4.69) is 11.8 Å². The van der Waals surface area contributed by atoms with Crippen molar-refractivity contribution in [2.75, 3.05) is 19.6 Å². The van der Waals surface area contributed by atoms with Crippen molar-refractivity contribution in [3.63, 3.8) is 0 Å². The number of ketones is 1. The van der Waals surface area contributed by atoms with Crippen LogP contribution in [-0.2, 0) is 4.79 Å². The van der Waals surface area contributed by atoms with Crippen LogP contribution < -0.4 is 0 Å². The van der Waals surface area contributed by atoms with Crippen molar-refractivity contribution in [3.8, 4) is 0 Å². The van der Waals surface area contributed by atoms with Gasteiger partial charge in [-0.2, -0.15) is 0 Å². The average molecular weight is 418 g/mol. The van der Waals surface area contributed by atoms with Crippen molar-refractivity contribution >= 4 is 5.78 Å². The predicted octanol–water partition coefficient (Wildman–Crippen LogP) is 4.03. The van der Waals surface area contributed by atoms with Gasteiger partial charge >= 0.3 is 0 Å². The molecule has 0 radical (unpaired) electrons. The molecule has 170 valence electrons. The third-order valence-corrected chi connectivity index (χ3v) is 10.5. The fourth-order valence-corrected chi connectivity index (χ4v) is 9.12. The SMILES string of the molecule is C[C@@]1(O)CC[C@H]2[C@@H](CC[C@@H]3[C@@H]2CC[C@]2(C)[C@@H](C(=O)CN4CCCC(O)C4)CC[C@@H]32)C1. The summed E-state index contributed by atoms with van der Waals surface area (Å²) in [5.74, 6) is 4.59. The molecule has 1 heterocycles. The summed E-state index contributed by atoms with van der Waals surface area (Å²) in [6, 6.07) is 0. The summed E-state index contributed by atoms with van der Waals surface area (Å²) >= 11 is 0. The second-order valence-corrected chi connectivity index (χ2v) is 12.3. The number of nitrogens with zero attached hydrogens (tertiary/aromatic N) is 1. The highest BCUT2D eigenvalue weighted by atomic mass is 16.3. The molecular weight excluding hydrogens is 374 g/mol. The molecule has 9 atom stereocenters. The Labute approximate surface area is 182 Å². The van der Waals surface area contributed by atoms with Gasteiger partial charge in [-0.25, -0.2) is 0 Å². The lowest BCUT2D eigenvalue weighted by Crippen LogP contribution is -2.51. The lowest BCUT2D eigenvalue weighted by atomic mass is 9.49. The van der Waals surface area contributed by atoms with Crippen LogP contribution in [0, 0.1) is 40.9 Å². The van der Waals surface area contributed by atoms with Gasteiger partial charge < -0.3 is 10.2 Å². The quantitative estimate of drug-likeness (QED) is 0.728. The highest BCUT2D eigenvalue weighted by Gasteiger charge is 2.58. The van der Waals surface area contributed by atoms with Gasteiger partial charge in [0, 0.05) is 12.5 Å². The topological polar surface area (TPSA) is 60.8 Å². The Morgan fingerprint density at radius 1 is 0.967 bits per heavy atom. The van der Waals surface area contributed by atoms with E-state index < -0.39 is 5.60 Å². The van der Waals surface area contributed by atoms with Gasteiger partial charge in [-0.3, -0.25) is 9.69 Å². The maximum Gasteiger partial charge on any atom is 0.150 e. The van der Waals surface area contributed by atoms with Gasteiger partial charge in [0.2, 0.25) is 0 Å². The molecule has 30 heavy (non-hydrogen) atoms. The predicted molar refractivity (Wildman–Crippen MR) is 118 cm³/mol.